The van der Waals surface area contributed by atoms with Crippen molar-refractivity contribution in [1.82, 2.24) is 9.97 Å². The molecule has 6 heteroatoms. The van der Waals surface area contributed by atoms with Crippen molar-refractivity contribution in [2.45, 2.75) is 13.8 Å². The summed E-state index contributed by atoms with van der Waals surface area (Å²) >= 11 is 7.51. The minimum absolute atomic E-state index is 0.196. The summed E-state index contributed by atoms with van der Waals surface area (Å²) in [6, 6.07) is 6.58. The summed E-state index contributed by atoms with van der Waals surface area (Å²) in [5.74, 6) is 0.379. The monoisotopic (exact) mass is 307 g/mol. The van der Waals surface area contributed by atoms with Crippen LogP contribution in [0.4, 0.5) is 15.9 Å². The number of nitrogens with one attached hydrogen (secondary N) is 1. The molecule has 3 aromatic rings. The Bertz CT molecular complexity index is 800. The van der Waals surface area contributed by atoms with Gasteiger partial charge in [0.15, 0.2) is 0 Å². The normalized spacial score (nSPS) is 11.0. The van der Waals surface area contributed by atoms with Gasteiger partial charge in [0.2, 0.25) is 5.28 Å². The molecule has 0 atom stereocenters. The fourth-order valence-corrected chi connectivity index (χ4v) is 3.10. The molecule has 0 bridgehead atoms. The van der Waals surface area contributed by atoms with Gasteiger partial charge in [-0.15, -0.1) is 11.3 Å². The number of hydrogen-bond donors (Lipinski definition) is 1. The molecule has 1 aromatic carbocycles. The molecule has 3 rings (SSSR count). The summed E-state index contributed by atoms with van der Waals surface area (Å²) in [5.41, 5.74) is 1.60. The molecule has 0 saturated heterocycles. The van der Waals surface area contributed by atoms with Crippen LogP contribution < -0.4 is 5.32 Å². The molecule has 0 saturated carbocycles. The largest absolute Gasteiger partial charge is 0.339 e. The van der Waals surface area contributed by atoms with Gasteiger partial charge < -0.3 is 5.32 Å². The zero-order valence-corrected chi connectivity index (χ0v) is 12.4. The summed E-state index contributed by atoms with van der Waals surface area (Å²) < 4.78 is 13.1. The molecule has 0 spiro atoms. The van der Waals surface area contributed by atoms with Gasteiger partial charge in [0, 0.05) is 10.6 Å². The van der Waals surface area contributed by atoms with Crippen molar-refractivity contribution in [3.8, 4) is 0 Å². The first kappa shape index (κ1) is 13.3. The third kappa shape index (κ3) is 2.46. The number of aromatic nitrogens is 2. The molecule has 0 unspecified atom stereocenters. The number of benzene rings is 1. The highest BCUT2D eigenvalue weighted by Gasteiger charge is 2.11. The molecule has 0 aliphatic rings. The predicted molar refractivity (Wildman–Crippen MR) is 81.6 cm³/mol. The van der Waals surface area contributed by atoms with Crippen LogP contribution in [0.25, 0.3) is 10.2 Å². The quantitative estimate of drug-likeness (QED) is 0.688. The van der Waals surface area contributed by atoms with Gasteiger partial charge in [0.05, 0.1) is 5.39 Å². The Kier molecular flexibility index (Phi) is 3.31. The van der Waals surface area contributed by atoms with Crippen LogP contribution in [0, 0.1) is 19.7 Å². The number of fused-ring (bicyclic) bond motifs is 1. The fraction of sp³-hybridized carbons (Fsp3) is 0.143. The van der Waals surface area contributed by atoms with Crippen molar-refractivity contribution >= 4 is 44.7 Å². The van der Waals surface area contributed by atoms with E-state index >= 15 is 0 Å². The third-order valence-corrected chi connectivity index (χ3v) is 4.04. The van der Waals surface area contributed by atoms with Gasteiger partial charge in [-0.1, -0.05) is 0 Å². The third-order valence-electron chi connectivity index (χ3n) is 2.93. The van der Waals surface area contributed by atoms with Gasteiger partial charge in [-0.2, -0.15) is 4.98 Å². The lowest BCUT2D eigenvalue weighted by Gasteiger charge is -2.09. The van der Waals surface area contributed by atoms with E-state index in [1.165, 1.54) is 12.1 Å². The van der Waals surface area contributed by atoms with Crippen molar-refractivity contribution in [2.24, 2.45) is 0 Å². The molecular weight excluding hydrogens is 297 g/mol. The van der Waals surface area contributed by atoms with Crippen LogP contribution in [0.15, 0.2) is 24.3 Å². The van der Waals surface area contributed by atoms with Gasteiger partial charge in [0.25, 0.3) is 0 Å². The first-order chi connectivity index (χ1) is 9.52. The molecule has 0 aliphatic heterocycles. The lowest BCUT2D eigenvalue weighted by Crippen LogP contribution is -1.98. The van der Waals surface area contributed by atoms with Gasteiger partial charge >= 0.3 is 0 Å². The maximum Gasteiger partial charge on any atom is 0.225 e. The van der Waals surface area contributed by atoms with Crippen LogP contribution in [0.5, 0.6) is 0 Å². The first-order valence-electron chi connectivity index (χ1n) is 6.00. The highest BCUT2D eigenvalue weighted by Crippen LogP contribution is 2.31. The Morgan fingerprint density at radius 1 is 1.20 bits per heavy atom. The van der Waals surface area contributed by atoms with E-state index in [0.29, 0.717) is 5.82 Å². The molecule has 2 heterocycles. The van der Waals surface area contributed by atoms with Crippen LogP contribution in [0.1, 0.15) is 10.4 Å². The van der Waals surface area contributed by atoms with Gasteiger partial charge in [0.1, 0.15) is 16.5 Å². The zero-order chi connectivity index (χ0) is 14.3. The number of halogens is 2. The predicted octanol–water partition coefficient (Wildman–Crippen LogP) is 4.84. The molecule has 0 aliphatic carbocycles. The van der Waals surface area contributed by atoms with E-state index in [1.807, 2.05) is 19.9 Å². The Labute approximate surface area is 124 Å². The summed E-state index contributed by atoms with van der Waals surface area (Å²) in [5, 5.41) is 4.31. The molecule has 1 N–H and O–H groups in total. The Morgan fingerprint density at radius 3 is 2.75 bits per heavy atom. The van der Waals surface area contributed by atoms with E-state index in [9.17, 15) is 4.39 Å². The summed E-state index contributed by atoms with van der Waals surface area (Å²) in [7, 11) is 0. The van der Waals surface area contributed by atoms with E-state index < -0.39 is 0 Å². The van der Waals surface area contributed by atoms with Crippen LogP contribution in [-0.2, 0) is 0 Å². The molecule has 102 valence electrons. The van der Waals surface area contributed by atoms with E-state index in [-0.39, 0.29) is 11.1 Å². The first-order valence-corrected chi connectivity index (χ1v) is 7.19. The number of aryl methyl sites for hydroxylation is 2. The van der Waals surface area contributed by atoms with Crippen LogP contribution in [0.2, 0.25) is 5.28 Å². The Balaban J connectivity index is 2.10. The van der Waals surface area contributed by atoms with E-state index in [0.717, 1.165) is 26.3 Å². The second kappa shape index (κ2) is 5.00. The molecule has 0 amide bonds. The van der Waals surface area contributed by atoms with Gasteiger partial charge in [-0.25, -0.2) is 9.37 Å². The number of rotatable bonds is 2. The second-order valence-electron chi connectivity index (χ2n) is 4.50. The molecule has 0 radical (unpaired) electrons. The second-order valence-corrected chi connectivity index (χ2v) is 6.07. The standard InChI is InChI=1S/C14H11ClFN3S/c1-7-5-9(16)3-4-11(7)17-12-10-6-8(2)20-13(10)19-14(15)18-12/h3-6H,1-2H3,(H,17,18,19). The molecule has 2 aromatic heterocycles. The SMILES string of the molecule is Cc1cc2c(Nc3ccc(F)cc3C)nc(Cl)nc2s1. The van der Waals surface area contributed by atoms with Crippen molar-refractivity contribution < 1.29 is 4.39 Å². The van der Waals surface area contributed by atoms with Crippen LogP contribution in [0.3, 0.4) is 0 Å². The minimum atomic E-state index is -0.259. The minimum Gasteiger partial charge on any atom is -0.339 e. The summed E-state index contributed by atoms with van der Waals surface area (Å²) in [6.07, 6.45) is 0. The maximum absolute atomic E-state index is 13.1. The van der Waals surface area contributed by atoms with Crippen molar-refractivity contribution in [3.05, 3.63) is 45.8 Å². The zero-order valence-electron chi connectivity index (χ0n) is 10.9. The average Bonchev–Trinajstić information content (AvgIpc) is 2.73. The van der Waals surface area contributed by atoms with Crippen molar-refractivity contribution in [2.75, 3.05) is 5.32 Å². The highest BCUT2D eigenvalue weighted by molar-refractivity contribution is 7.18. The van der Waals surface area contributed by atoms with Gasteiger partial charge in [-0.3, -0.25) is 0 Å². The fourth-order valence-electron chi connectivity index (χ4n) is 2.01. The molecule has 3 nitrogen and oxygen atoms in total. The summed E-state index contributed by atoms with van der Waals surface area (Å²) in [6.45, 7) is 3.84. The van der Waals surface area contributed by atoms with E-state index in [1.54, 1.807) is 17.4 Å². The number of nitrogens with zero attached hydrogens (tertiary/aromatic N) is 2. The highest BCUT2D eigenvalue weighted by atomic mass is 35.5. The van der Waals surface area contributed by atoms with Gasteiger partial charge in [-0.05, 0) is 55.3 Å². The molecular formula is C14H11ClFN3S. The van der Waals surface area contributed by atoms with Crippen LogP contribution in [-0.4, -0.2) is 9.97 Å². The Hall–Kier alpha value is -1.72. The van der Waals surface area contributed by atoms with Crippen molar-refractivity contribution in [3.63, 3.8) is 0 Å². The smallest absolute Gasteiger partial charge is 0.225 e. The number of anilines is 2. The molecule has 0 fully saturated rings. The van der Waals surface area contributed by atoms with E-state index in [2.05, 4.69) is 15.3 Å². The Morgan fingerprint density at radius 2 is 2.00 bits per heavy atom. The summed E-state index contributed by atoms with van der Waals surface area (Å²) in [4.78, 5) is 10.4. The molecule has 20 heavy (non-hydrogen) atoms. The van der Waals surface area contributed by atoms with E-state index in [4.69, 9.17) is 11.6 Å². The number of thiophene rings is 1. The average molecular weight is 308 g/mol. The number of hydrogen-bond acceptors (Lipinski definition) is 4. The van der Waals surface area contributed by atoms with Crippen molar-refractivity contribution in [1.29, 1.82) is 0 Å². The topological polar surface area (TPSA) is 37.8 Å². The lowest BCUT2D eigenvalue weighted by molar-refractivity contribution is 0.627. The van der Waals surface area contributed by atoms with Crippen LogP contribution >= 0.6 is 22.9 Å². The lowest BCUT2D eigenvalue weighted by atomic mass is 10.2. The maximum atomic E-state index is 13.1.